The SMILES string of the molecule is CCC(=O)c1ccc(Cn2cc(C(=O)NCC3CC3)c3c(F)cccc32)cc1. The van der Waals surface area contributed by atoms with Crippen LogP contribution in [0.4, 0.5) is 4.39 Å². The monoisotopic (exact) mass is 378 g/mol. The lowest BCUT2D eigenvalue weighted by Gasteiger charge is -2.07. The standard InChI is InChI=1S/C23H23FN2O2/c1-2-21(27)17-10-8-16(9-11-17)13-26-14-18(23(28)25-12-15-6-7-15)22-19(24)4-3-5-20(22)26/h3-5,8-11,14-15H,2,6-7,12-13H2,1H3,(H,25,28). The van der Waals surface area contributed by atoms with Gasteiger partial charge in [0.2, 0.25) is 0 Å². The average molecular weight is 378 g/mol. The van der Waals surface area contributed by atoms with Gasteiger partial charge in [0, 0.05) is 36.7 Å². The van der Waals surface area contributed by atoms with Crippen LogP contribution in [-0.4, -0.2) is 22.8 Å². The molecule has 1 N–H and O–H groups in total. The van der Waals surface area contributed by atoms with Crippen LogP contribution in [0, 0.1) is 11.7 Å². The lowest BCUT2D eigenvalue weighted by molar-refractivity contribution is 0.0951. The summed E-state index contributed by atoms with van der Waals surface area (Å²) in [6.07, 6.45) is 4.49. The third kappa shape index (κ3) is 3.70. The summed E-state index contributed by atoms with van der Waals surface area (Å²) in [4.78, 5) is 24.4. The molecule has 1 saturated carbocycles. The highest BCUT2D eigenvalue weighted by Crippen LogP contribution is 2.29. The second-order valence-corrected chi connectivity index (χ2v) is 7.43. The summed E-state index contributed by atoms with van der Waals surface area (Å²) < 4.78 is 16.4. The van der Waals surface area contributed by atoms with Gasteiger partial charge in [0.05, 0.1) is 11.1 Å². The number of ketones is 1. The third-order valence-corrected chi connectivity index (χ3v) is 5.30. The molecule has 0 saturated heterocycles. The molecular formula is C23H23FN2O2. The maximum atomic E-state index is 14.5. The molecule has 5 heteroatoms. The van der Waals surface area contributed by atoms with E-state index in [0.717, 1.165) is 18.4 Å². The molecule has 2 aromatic carbocycles. The normalized spacial score (nSPS) is 13.6. The fraction of sp³-hybridized carbons (Fsp3) is 0.304. The van der Waals surface area contributed by atoms with Crippen LogP contribution < -0.4 is 5.32 Å². The molecule has 0 bridgehead atoms. The molecule has 28 heavy (non-hydrogen) atoms. The average Bonchev–Trinajstić information content (AvgIpc) is 3.47. The summed E-state index contributed by atoms with van der Waals surface area (Å²) in [5.41, 5.74) is 2.73. The van der Waals surface area contributed by atoms with Crippen molar-refractivity contribution in [3.8, 4) is 0 Å². The van der Waals surface area contributed by atoms with Gasteiger partial charge in [-0.2, -0.15) is 0 Å². The fourth-order valence-corrected chi connectivity index (χ4v) is 3.46. The molecule has 0 aliphatic heterocycles. The van der Waals surface area contributed by atoms with Crippen molar-refractivity contribution < 1.29 is 14.0 Å². The summed E-state index contributed by atoms with van der Waals surface area (Å²) in [5, 5.41) is 3.28. The Bertz CT molecular complexity index is 1030. The first-order valence-corrected chi connectivity index (χ1v) is 9.74. The summed E-state index contributed by atoms with van der Waals surface area (Å²) in [5.74, 6) is 0.0440. The van der Waals surface area contributed by atoms with Gasteiger partial charge >= 0.3 is 0 Å². The van der Waals surface area contributed by atoms with E-state index in [1.807, 2.05) is 41.8 Å². The Kier molecular flexibility index (Phi) is 4.99. The molecule has 1 aliphatic carbocycles. The number of nitrogens with zero attached hydrogens (tertiary/aromatic N) is 1. The molecule has 0 radical (unpaired) electrons. The van der Waals surface area contributed by atoms with Gasteiger partial charge < -0.3 is 9.88 Å². The van der Waals surface area contributed by atoms with Gasteiger partial charge in [0.25, 0.3) is 5.91 Å². The van der Waals surface area contributed by atoms with Gasteiger partial charge in [-0.05, 0) is 36.5 Å². The quantitative estimate of drug-likeness (QED) is 0.613. The van der Waals surface area contributed by atoms with Gasteiger partial charge in [-0.25, -0.2) is 4.39 Å². The minimum atomic E-state index is -0.392. The Balaban J connectivity index is 1.64. The molecule has 4 rings (SSSR count). The first kappa shape index (κ1) is 18.4. The number of nitrogens with one attached hydrogen (secondary N) is 1. The van der Waals surface area contributed by atoms with E-state index >= 15 is 0 Å². The van der Waals surface area contributed by atoms with Crippen LogP contribution >= 0.6 is 0 Å². The molecule has 1 heterocycles. The Labute approximate surface area is 163 Å². The molecule has 0 atom stereocenters. The van der Waals surface area contributed by atoms with Crippen LogP contribution in [0.25, 0.3) is 10.9 Å². The maximum absolute atomic E-state index is 14.5. The number of carbonyl (C=O) groups is 2. The number of carbonyl (C=O) groups excluding carboxylic acids is 2. The number of hydrogen-bond donors (Lipinski definition) is 1. The van der Waals surface area contributed by atoms with E-state index in [-0.39, 0.29) is 11.7 Å². The summed E-state index contributed by atoms with van der Waals surface area (Å²) in [6, 6.07) is 12.3. The Hall–Kier alpha value is -2.95. The first-order valence-electron chi connectivity index (χ1n) is 9.74. The smallest absolute Gasteiger partial charge is 0.253 e. The van der Waals surface area contributed by atoms with Crippen LogP contribution in [0.3, 0.4) is 0 Å². The maximum Gasteiger partial charge on any atom is 0.253 e. The number of amides is 1. The van der Waals surface area contributed by atoms with Crippen molar-refractivity contribution in [1.29, 1.82) is 0 Å². The highest BCUT2D eigenvalue weighted by molar-refractivity contribution is 6.07. The molecule has 1 aromatic heterocycles. The van der Waals surface area contributed by atoms with Gasteiger partial charge in [-0.1, -0.05) is 37.3 Å². The van der Waals surface area contributed by atoms with Crippen LogP contribution in [0.5, 0.6) is 0 Å². The highest BCUT2D eigenvalue weighted by Gasteiger charge is 2.24. The molecule has 3 aromatic rings. The predicted octanol–water partition coefficient (Wildman–Crippen LogP) is 4.56. The zero-order chi connectivity index (χ0) is 19.7. The molecule has 1 aliphatic rings. The van der Waals surface area contributed by atoms with Crippen molar-refractivity contribution in [2.45, 2.75) is 32.7 Å². The number of benzene rings is 2. The Morgan fingerprint density at radius 1 is 1.14 bits per heavy atom. The summed E-state index contributed by atoms with van der Waals surface area (Å²) >= 11 is 0. The van der Waals surface area contributed by atoms with E-state index in [9.17, 15) is 14.0 Å². The molecule has 0 spiro atoms. The van der Waals surface area contributed by atoms with Gasteiger partial charge in [-0.3, -0.25) is 9.59 Å². The number of rotatable bonds is 7. The lowest BCUT2D eigenvalue weighted by Crippen LogP contribution is -2.25. The molecule has 144 valence electrons. The zero-order valence-corrected chi connectivity index (χ0v) is 15.9. The minimum Gasteiger partial charge on any atom is -0.352 e. The van der Waals surface area contributed by atoms with Crippen molar-refractivity contribution in [1.82, 2.24) is 9.88 Å². The van der Waals surface area contributed by atoms with Crippen molar-refractivity contribution in [2.24, 2.45) is 5.92 Å². The number of hydrogen-bond acceptors (Lipinski definition) is 2. The molecular weight excluding hydrogens is 355 g/mol. The van der Waals surface area contributed by atoms with E-state index in [4.69, 9.17) is 0 Å². The molecule has 1 fully saturated rings. The van der Waals surface area contributed by atoms with Crippen molar-refractivity contribution >= 4 is 22.6 Å². The molecule has 1 amide bonds. The van der Waals surface area contributed by atoms with Gasteiger partial charge in [0.15, 0.2) is 5.78 Å². The molecule has 4 nitrogen and oxygen atoms in total. The Morgan fingerprint density at radius 3 is 2.57 bits per heavy atom. The highest BCUT2D eigenvalue weighted by atomic mass is 19.1. The van der Waals surface area contributed by atoms with Gasteiger partial charge in [0.1, 0.15) is 5.82 Å². The van der Waals surface area contributed by atoms with Crippen molar-refractivity contribution in [2.75, 3.05) is 6.54 Å². The van der Waals surface area contributed by atoms with E-state index in [1.54, 1.807) is 12.3 Å². The lowest BCUT2D eigenvalue weighted by atomic mass is 10.1. The Morgan fingerprint density at radius 2 is 1.89 bits per heavy atom. The zero-order valence-electron chi connectivity index (χ0n) is 15.9. The third-order valence-electron chi connectivity index (χ3n) is 5.30. The topological polar surface area (TPSA) is 51.1 Å². The largest absolute Gasteiger partial charge is 0.352 e. The van der Waals surface area contributed by atoms with E-state index < -0.39 is 5.82 Å². The van der Waals surface area contributed by atoms with Crippen LogP contribution in [0.1, 0.15) is 52.5 Å². The number of Topliss-reactive ketones (excluding diaryl/α,β-unsaturated/α-hetero) is 1. The predicted molar refractivity (Wildman–Crippen MR) is 107 cm³/mol. The second-order valence-electron chi connectivity index (χ2n) is 7.43. The van der Waals surface area contributed by atoms with Crippen molar-refractivity contribution in [3.63, 3.8) is 0 Å². The first-order chi connectivity index (χ1) is 13.6. The van der Waals surface area contributed by atoms with E-state index in [1.165, 1.54) is 6.07 Å². The van der Waals surface area contributed by atoms with Gasteiger partial charge in [-0.15, -0.1) is 0 Å². The minimum absolute atomic E-state index is 0.106. The molecule has 0 unspecified atom stereocenters. The number of halogens is 1. The number of aromatic nitrogens is 1. The van der Waals surface area contributed by atoms with Crippen molar-refractivity contribution in [3.05, 3.63) is 71.2 Å². The van der Waals surface area contributed by atoms with E-state index in [0.29, 0.717) is 47.5 Å². The fourth-order valence-electron chi connectivity index (χ4n) is 3.46. The van der Waals surface area contributed by atoms with Crippen LogP contribution in [-0.2, 0) is 6.54 Å². The van der Waals surface area contributed by atoms with E-state index in [2.05, 4.69) is 5.32 Å². The van der Waals surface area contributed by atoms with Crippen LogP contribution in [0.15, 0.2) is 48.7 Å². The summed E-state index contributed by atoms with van der Waals surface area (Å²) in [7, 11) is 0. The summed E-state index contributed by atoms with van der Waals surface area (Å²) in [6.45, 7) is 2.98. The number of fused-ring (bicyclic) bond motifs is 1. The van der Waals surface area contributed by atoms with Crippen LogP contribution in [0.2, 0.25) is 0 Å². The second kappa shape index (κ2) is 7.58.